The van der Waals surface area contributed by atoms with Crippen LogP contribution in [0.1, 0.15) is 33.5 Å². The zero-order chi connectivity index (χ0) is 19.1. The maximum Gasteiger partial charge on any atom is 0.193 e. The summed E-state index contributed by atoms with van der Waals surface area (Å²) < 4.78 is 0. The number of hydrogen-bond donors (Lipinski definition) is 1. The molecule has 0 spiro atoms. The fourth-order valence-electron chi connectivity index (χ4n) is 3.09. The molecule has 1 N–H and O–H groups in total. The summed E-state index contributed by atoms with van der Waals surface area (Å²) in [6.45, 7) is 7.53. The molecule has 0 aliphatic carbocycles. The summed E-state index contributed by atoms with van der Waals surface area (Å²) in [5.41, 5.74) is 6.02. The summed E-state index contributed by atoms with van der Waals surface area (Å²) in [6, 6.07) is 24.0. The van der Waals surface area contributed by atoms with Crippen molar-refractivity contribution in [1.82, 2.24) is 5.32 Å². The topological polar surface area (TPSA) is 29.1 Å². The predicted molar refractivity (Wildman–Crippen MR) is 113 cm³/mol. The van der Waals surface area contributed by atoms with Gasteiger partial charge in [0.25, 0.3) is 0 Å². The minimum absolute atomic E-state index is 0.0700. The number of rotatable bonds is 8. The van der Waals surface area contributed by atoms with Crippen LogP contribution in [-0.2, 0) is 6.54 Å². The predicted octanol–water partition coefficient (Wildman–Crippen LogP) is 5.56. The summed E-state index contributed by atoms with van der Waals surface area (Å²) in [6.07, 6.45) is 2.90. The van der Waals surface area contributed by atoms with Gasteiger partial charge in [-0.15, -0.1) is 6.58 Å². The summed E-state index contributed by atoms with van der Waals surface area (Å²) >= 11 is 0. The standard InChI is InChI=1S/C25H25NO/c1-3-4-16-26-18-20-10-12-21(13-11-20)23-14-15-24(19(2)17-23)25(27)22-8-6-5-7-9-22/h3,5-15,17,26H,1,4,16,18H2,2H3. The molecule has 0 saturated carbocycles. The van der Waals surface area contributed by atoms with Crippen LogP contribution in [0.25, 0.3) is 11.1 Å². The Hall–Kier alpha value is -2.97. The van der Waals surface area contributed by atoms with Gasteiger partial charge in [0.05, 0.1) is 0 Å². The molecule has 3 aromatic rings. The number of benzene rings is 3. The van der Waals surface area contributed by atoms with Crippen LogP contribution in [0.2, 0.25) is 0 Å². The molecule has 0 fully saturated rings. The molecular formula is C25H25NO. The van der Waals surface area contributed by atoms with Crippen molar-refractivity contribution in [3.05, 3.63) is 108 Å². The van der Waals surface area contributed by atoms with Crippen molar-refractivity contribution in [2.45, 2.75) is 19.9 Å². The lowest BCUT2D eigenvalue weighted by atomic mass is 9.95. The third kappa shape index (κ3) is 4.81. The van der Waals surface area contributed by atoms with E-state index in [1.54, 1.807) is 0 Å². The van der Waals surface area contributed by atoms with Crippen molar-refractivity contribution in [3.8, 4) is 11.1 Å². The van der Waals surface area contributed by atoms with Crippen molar-refractivity contribution < 1.29 is 4.79 Å². The molecule has 0 heterocycles. The summed E-state index contributed by atoms with van der Waals surface area (Å²) in [5.74, 6) is 0.0700. The van der Waals surface area contributed by atoms with Gasteiger partial charge in [0, 0.05) is 17.7 Å². The molecule has 3 rings (SSSR count). The van der Waals surface area contributed by atoms with E-state index in [1.807, 2.05) is 55.5 Å². The minimum atomic E-state index is 0.0700. The van der Waals surface area contributed by atoms with Gasteiger partial charge in [0.1, 0.15) is 0 Å². The monoisotopic (exact) mass is 355 g/mol. The lowest BCUT2D eigenvalue weighted by Gasteiger charge is -2.10. The first kappa shape index (κ1) is 18.8. The van der Waals surface area contributed by atoms with E-state index in [-0.39, 0.29) is 5.78 Å². The Kier molecular flexibility index (Phi) is 6.35. The van der Waals surface area contributed by atoms with Crippen molar-refractivity contribution in [1.29, 1.82) is 0 Å². The second-order valence-electron chi connectivity index (χ2n) is 6.68. The van der Waals surface area contributed by atoms with Crippen LogP contribution >= 0.6 is 0 Å². The average Bonchev–Trinajstić information content (AvgIpc) is 2.72. The maximum atomic E-state index is 12.7. The van der Waals surface area contributed by atoms with E-state index in [4.69, 9.17) is 0 Å². The van der Waals surface area contributed by atoms with Crippen LogP contribution in [0, 0.1) is 6.92 Å². The first-order chi connectivity index (χ1) is 13.2. The van der Waals surface area contributed by atoms with Gasteiger partial charge in [-0.1, -0.05) is 78.9 Å². The molecule has 27 heavy (non-hydrogen) atoms. The zero-order valence-corrected chi connectivity index (χ0v) is 15.7. The molecular weight excluding hydrogens is 330 g/mol. The van der Waals surface area contributed by atoms with Crippen LogP contribution < -0.4 is 5.32 Å². The number of carbonyl (C=O) groups is 1. The van der Waals surface area contributed by atoms with E-state index in [0.717, 1.165) is 47.3 Å². The molecule has 2 nitrogen and oxygen atoms in total. The molecule has 136 valence electrons. The van der Waals surface area contributed by atoms with Gasteiger partial charge in [0.15, 0.2) is 5.78 Å². The van der Waals surface area contributed by atoms with Crippen molar-refractivity contribution in [2.24, 2.45) is 0 Å². The Morgan fingerprint density at radius 3 is 2.33 bits per heavy atom. The summed E-state index contributed by atoms with van der Waals surface area (Å²) in [5, 5.41) is 3.40. The third-order valence-corrected chi connectivity index (χ3v) is 4.65. The van der Waals surface area contributed by atoms with Gasteiger partial charge in [0.2, 0.25) is 0 Å². The molecule has 0 bridgehead atoms. The molecule has 0 saturated heterocycles. The normalized spacial score (nSPS) is 10.6. The molecule has 0 atom stereocenters. The lowest BCUT2D eigenvalue weighted by Crippen LogP contribution is -2.13. The number of hydrogen-bond acceptors (Lipinski definition) is 2. The summed E-state index contributed by atoms with van der Waals surface area (Å²) in [7, 11) is 0. The molecule has 0 aliphatic rings. The van der Waals surface area contributed by atoms with Crippen molar-refractivity contribution >= 4 is 5.78 Å². The Balaban J connectivity index is 1.73. The largest absolute Gasteiger partial charge is 0.312 e. The molecule has 0 unspecified atom stereocenters. The molecule has 0 aliphatic heterocycles. The number of ketones is 1. The highest BCUT2D eigenvalue weighted by Crippen LogP contribution is 2.24. The third-order valence-electron chi connectivity index (χ3n) is 4.65. The number of nitrogens with one attached hydrogen (secondary N) is 1. The highest BCUT2D eigenvalue weighted by Gasteiger charge is 2.12. The van der Waals surface area contributed by atoms with E-state index in [9.17, 15) is 4.79 Å². The zero-order valence-electron chi connectivity index (χ0n) is 15.7. The van der Waals surface area contributed by atoms with Gasteiger partial charge < -0.3 is 5.32 Å². The van der Waals surface area contributed by atoms with Gasteiger partial charge in [-0.25, -0.2) is 0 Å². The summed E-state index contributed by atoms with van der Waals surface area (Å²) in [4.78, 5) is 12.7. The fraction of sp³-hybridized carbons (Fsp3) is 0.160. The van der Waals surface area contributed by atoms with E-state index >= 15 is 0 Å². The number of aryl methyl sites for hydroxylation is 1. The van der Waals surface area contributed by atoms with Crippen LogP contribution in [0.5, 0.6) is 0 Å². The van der Waals surface area contributed by atoms with Gasteiger partial charge in [-0.05, 0) is 42.1 Å². The van der Waals surface area contributed by atoms with Gasteiger partial charge >= 0.3 is 0 Å². The molecule has 0 amide bonds. The van der Waals surface area contributed by atoms with E-state index < -0.39 is 0 Å². The SMILES string of the molecule is C=CCCNCc1ccc(-c2ccc(C(=O)c3ccccc3)c(C)c2)cc1. The van der Waals surface area contributed by atoms with E-state index in [2.05, 4.69) is 42.2 Å². The van der Waals surface area contributed by atoms with E-state index in [1.165, 1.54) is 5.56 Å². The van der Waals surface area contributed by atoms with Crippen LogP contribution in [0.15, 0.2) is 85.5 Å². The van der Waals surface area contributed by atoms with Crippen molar-refractivity contribution in [3.63, 3.8) is 0 Å². The highest BCUT2D eigenvalue weighted by atomic mass is 16.1. The fourth-order valence-corrected chi connectivity index (χ4v) is 3.09. The lowest BCUT2D eigenvalue weighted by molar-refractivity contribution is 0.103. The molecule has 0 radical (unpaired) electrons. The molecule has 0 aromatic heterocycles. The Bertz CT molecular complexity index is 911. The Labute approximate surface area is 161 Å². The van der Waals surface area contributed by atoms with Crippen LogP contribution in [0.4, 0.5) is 0 Å². The Morgan fingerprint density at radius 1 is 0.963 bits per heavy atom. The highest BCUT2D eigenvalue weighted by molar-refractivity contribution is 6.10. The van der Waals surface area contributed by atoms with E-state index in [0.29, 0.717) is 0 Å². The molecule has 3 aromatic carbocycles. The second kappa shape index (κ2) is 9.11. The number of carbonyl (C=O) groups excluding carboxylic acids is 1. The average molecular weight is 355 g/mol. The first-order valence-corrected chi connectivity index (χ1v) is 9.30. The molecule has 2 heteroatoms. The second-order valence-corrected chi connectivity index (χ2v) is 6.68. The van der Waals surface area contributed by atoms with Crippen LogP contribution in [0.3, 0.4) is 0 Å². The van der Waals surface area contributed by atoms with Gasteiger partial charge in [-0.3, -0.25) is 4.79 Å². The smallest absolute Gasteiger partial charge is 0.193 e. The minimum Gasteiger partial charge on any atom is -0.312 e. The van der Waals surface area contributed by atoms with Gasteiger partial charge in [-0.2, -0.15) is 0 Å². The maximum absolute atomic E-state index is 12.7. The first-order valence-electron chi connectivity index (χ1n) is 9.30. The van der Waals surface area contributed by atoms with Crippen molar-refractivity contribution in [2.75, 3.05) is 6.54 Å². The van der Waals surface area contributed by atoms with Crippen LogP contribution in [-0.4, -0.2) is 12.3 Å². The Morgan fingerprint density at radius 2 is 1.67 bits per heavy atom. The quantitative estimate of drug-likeness (QED) is 0.326.